The van der Waals surface area contributed by atoms with Gasteiger partial charge >= 0.3 is 57.4 Å². The van der Waals surface area contributed by atoms with Crippen LogP contribution in [0.1, 0.15) is 53.4 Å². The fourth-order valence-electron chi connectivity index (χ4n) is 3.04. The molecule has 1 aromatic carbocycles. The summed E-state index contributed by atoms with van der Waals surface area (Å²) in [4.78, 5) is 16.4. The molecule has 5 nitrogen and oxygen atoms in total. The number of esters is 1. The summed E-state index contributed by atoms with van der Waals surface area (Å²) >= 11 is 0. The number of nitrogens with zero attached hydrogens (tertiary/aromatic N) is 1. The van der Waals surface area contributed by atoms with E-state index in [1.54, 1.807) is 0 Å². The maximum absolute atomic E-state index is 12.3. The van der Waals surface area contributed by atoms with Crippen LogP contribution >= 0.6 is 12.4 Å². The number of hydrogen-bond acceptors (Lipinski definition) is 3. The van der Waals surface area contributed by atoms with Crippen LogP contribution < -0.4 is 67.6 Å². The van der Waals surface area contributed by atoms with Gasteiger partial charge in [-0.15, -0.1) is 12.4 Å². The van der Waals surface area contributed by atoms with Crippen molar-refractivity contribution < 1.29 is 62.3 Å². The maximum atomic E-state index is 12.3. The van der Waals surface area contributed by atoms with Gasteiger partial charge in [0.15, 0.2) is 5.96 Å². The van der Waals surface area contributed by atoms with Gasteiger partial charge in [0.25, 0.3) is 0 Å². The van der Waals surface area contributed by atoms with E-state index in [1.165, 1.54) is 5.56 Å². The Morgan fingerprint density at radius 2 is 1.69 bits per heavy atom. The molecule has 1 saturated carbocycles. The normalized spacial score (nSPS) is 19.5. The monoisotopic (exact) mass is 407 g/mol. The number of benzene rings is 1. The van der Waals surface area contributed by atoms with Gasteiger partial charge in [-0.3, -0.25) is 9.79 Å². The molecule has 0 aliphatic heterocycles. The quantitative estimate of drug-likeness (QED) is 0.250. The van der Waals surface area contributed by atoms with Gasteiger partial charge in [0.1, 0.15) is 5.75 Å². The molecule has 7 heteroatoms. The summed E-state index contributed by atoms with van der Waals surface area (Å²) in [6.45, 7) is 7.14. The Bertz CT molecular complexity index is 594. The molecule has 0 amide bonds. The van der Waals surface area contributed by atoms with Crippen molar-refractivity contribution in [2.75, 3.05) is 6.54 Å². The first-order valence-corrected chi connectivity index (χ1v) is 8.63. The van der Waals surface area contributed by atoms with E-state index in [9.17, 15) is 4.79 Å². The molecule has 0 aromatic heterocycles. The van der Waals surface area contributed by atoms with Crippen molar-refractivity contribution in [2.24, 2.45) is 28.3 Å². The number of ether oxygens (including phenoxy) is 1. The van der Waals surface area contributed by atoms with Crippen LogP contribution in [-0.4, -0.2) is 18.5 Å². The van der Waals surface area contributed by atoms with Crippen molar-refractivity contribution in [3.8, 4) is 5.75 Å². The van der Waals surface area contributed by atoms with Gasteiger partial charge in [0, 0.05) is 6.54 Å². The van der Waals surface area contributed by atoms with E-state index in [0.29, 0.717) is 18.2 Å². The van der Waals surface area contributed by atoms with Crippen LogP contribution in [-0.2, 0) is 10.2 Å². The number of aliphatic imine (C=N–C) groups is 1. The smallest absolute Gasteiger partial charge is 1.00 e. The molecule has 26 heavy (non-hydrogen) atoms. The average Bonchev–Trinajstić information content (AvgIpc) is 2.53. The summed E-state index contributed by atoms with van der Waals surface area (Å²) in [7, 11) is 0. The number of rotatable bonds is 4. The first-order chi connectivity index (χ1) is 11.3. The Hall–Kier alpha value is -0.114. The molecule has 1 aromatic rings. The van der Waals surface area contributed by atoms with Crippen LogP contribution in [0.3, 0.4) is 0 Å². The molecule has 0 bridgehead atoms. The predicted octanol–water partition coefficient (Wildman–Crippen LogP) is 0.508. The van der Waals surface area contributed by atoms with Crippen LogP contribution in [0, 0.1) is 11.8 Å². The molecule has 1 fully saturated rings. The Balaban J connectivity index is 0. The van der Waals surface area contributed by atoms with Gasteiger partial charge in [0.05, 0.1) is 5.92 Å². The molecular formula is C19H31ClKN3O2. The zero-order valence-electron chi connectivity index (χ0n) is 17.3. The Morgan fingerprint density at radius 3 is 2.15 bits per heavy atom. The van der Waals surface area contributed by atoms with Crippen LogP contribution in [0.2, 0.25) is 0 Å². The third-order valence-corrected chi connectivity index (χ3v) is 4.65. The Morgan fingerprint density at radius 1 is 1.15 bits per heavy atom. The third kappa shape index (κ3) is 8.27. The Kier molecular flexibility index (Phi) is 11.6. The van der Waals surface area contributed by atoms with Gasteiger partial charge in [-0.05, 0) is 54.7 Å². The Labute approximate surface area is 207 Å². The fraction of sp³-hybridized carbons (Fsp3) is 0.579. The minimum Gasteiger partial charge on any atom is -1.00 e. The summed E-state index contributed by atoms with van der Waals surface area (Å²) in [5.41, 5.74) is 12.0. The molecule has 0 atom stereocenters. The van der Waals surface area contributed by atoms with E-state index in [2.05, 4.69) is 25.8 Å². The summed E-state index contributed by atoms with van der Waals surface area (Å²) in [6, 6.07) is 7.80. The first kappa shape index (κ1) is 25.9. The minimum atomic E-state index is -0.126. The van der Waals surface area contributed by atoms with Crippen molar-refractivity contribution in [1.82, 2.24) is 0 Å². The predicted molar refractivity (Wildman–Crippen MR) is 105 cm³/mol. The standard InChI is InChI=1S/C19H29N3O2.ClH.K.H/c1-19(2,3)15-8-10-16(11-9-15)24-17(23)14-6-4-13(5-7-14)12-22-18(20)21;;;/h8-11,13-14H,4-7,12H2,1-3H3,(H4,20,21,22);1H;;/q;;+1;-1. The van der Waals surface area contributed by atoms with E-state index >= 15 is 0 Å². The molecule has 1 aliphatic rings. The van der Waals surface area contributed by atoms with E-state index in [1.807, 2.05) is 24.3 Å². The molecule has 0 heterocycles. The molecule has 142 valence electrons. The second-order valence-electron chi connectivity index (χ2n) is 7.68. The molecule has 0 spiro atoms. The first-order valence-electron chi connectivity index (χ1n) is 8.63. The summed E-state index contributed by atoms with van der Waals surface area (Å²) in [6.07, 6.45) is 3.59. The van der Waals surface area contributed by atoms with Crippen molar-refractivity contribution >= 4 is 24.3 Å². The number of guanidine groups is 1. The van der Waals surface area contributed by atoms with Crippen LogP contribution in [0.5, 0.6) is 5.75 Å². The van der Waals surface area contributed by atoms with Crippen molar-refractivity contribution in [3.63, 3.8) is 0 Å². The SMILES string of the molecule is CC(C)(C)c1ccc(OC(=O)C2CCC(CN=C(N)N)CC2)cc1.Cl.[H-].[K+]. The van der Waals surface area contributed by atoms with Crippen LogP contribution in [0.4, 0.5) is 0 Å². The molecule has 2 rings (SSSR count). The number of hydrogen-bond donors (Lipinski definition) is 2. The van der Waals surface area contributed by atoms with Crippen molar-refractivity contribution in [1.29, 1.82) is 0 Å². The van der Waals surface area contributed by atoms with Crippen molar-refractivity contribution in [2.45, 2.75) is 51.9 Å². The summed E-state index contributed by atoms with van der Waals surface area (Å²) in [5, 5.41) is 0. The fourth-order valence-corrected chi connectivity index (χ4v) is 3.04. The van der Waals surface area contributed by atoms with Crippen molar-refractivity contribution in [3.05, 3.63) is 29.8 Å². The number of nitrogens with two attached hydrogens (primary N) is 2. The molecule has 0 saturated heterocycles. The van der Waals surface area contributed by atoms with E-state index < -0.39 is 0 Å². The van der Waals surface area contributed by atoms with Gasteiger partial charge < -0.3 is 17.6 Å². The van der Waals surface area contributed by atoms with Gasteiger partial charge in [-0.25, -0.2) is 0 Å². The number of carbonyl (C=O) groups excluding carboxylic acids is 1. The zero-order valence-corrected chi connectivity index (χ0v) is 20.3. The second kappa shape index (κ2) is 11.7. The molecular weight excluding hydrogens is 377 g/mol. The van der Waals surface area contributed by atoms with E-state index in [0.717, 1.165) is 25.7 Å². The van der Waals surface area contributed by atoms with Crippen LogP contribution in [0.15, 0.2) is 29.3 Å². The van der Waals surface area contributed by atoms with E-state index in [4.69, 9.17) is 16.2 Å². The van der Waals surface area contributed by atoms with Crippen LogP contribution in [0.25, 0.3) is 0 Å². The molecule has 0 unspecified atom stereocenters. The largest absolute Gasteiger partial charge is 1.00 e. The molecule has 1 aliphatic carbocycles. The molecule has 0 radical (unpaired) electrons. The number of halogens is 1. The van der Waals surface area contributed by atoms with Gasteiger partial charge in [-0.1, -0.05) is 32.9 Å². The second-order valence-corrected chi connectivity index (χ2v) is 7.68. The summed E-state index contributed by atoms with van der Waals surface area (Å²) in [5.74, 6) is 1.06. The third-order valence-electron chi connectivity index (χ3n) is 4.65. The van der Waals surface area contributed by atoms with E-state index in [-0.39, 0.29) is 88.5 Å². The maximum Gasteiger partial charge on any atom is 1.00 e. The molecule has 4 N–H and O–H groups in total. The minimum absolute atomic E-state index is 0. The topological polar surface area (TPSA) is 90.7 Å². The zero-order chi connectivity index (χ0) is 17.7. The summed E-state index contributed by atoms with van der Waals surface area (Å²) < 4.78 is 5.55. The van der Waals surface area contributed by atoms with Gasteiger partial charge in [-0.2, -0.15) is 0 Å². The van der Waals surface area contributed by atoms with Gasteiger partial charge in [0.2, 0.25) is 0 Å². The average molecular weight is 408 g/mol. The number of carbonyl (C=O) groups is 1.